The number of carbonyl (C=O) groups is 2. The number of carboxylic acids is 1. The highest BCUT2D eigenvalue weighted by Gasteiger charge is 2.13. The maximum absolute atomic E-state index is 11.3. The summed E-state index contributed by atoms with van der Waals surface area (Å²) in [6.45, 7) is 1.65. The first-order valence-corrected chi connectivity index (χ1v) is 6.57. The highest BCUT2D eigenvalue weighted by Crippen LogP contribution is 2.21. The molecule has 4 nitrogen and oxygen atoms in total. The molecule has 1 aromatic rings. The molecule has 1 aromatic carbocycles. The number of aliphatic carboxylic acids is 1. The quantitative estimate of drug-likeness (QED) is 0.800. The van der Waals surface area contributed by atoms with Gasteiger partial charge in [-0.25, -0.2) is 0 Å². The molecule has 1 N–H and O–H groups in total. The van der Waals surface area contributed by atoms with Gasteiger partial charge < -0.3 is 9.84 Å². The molecular formula is C13H16O4S. The van der Waals surface area contributed by atoms with Crippen molar-refractivity contribution >= 4 is 23.7 Å². The maximum Gasteiger partial charge on any atom is 0.316 e. The number of hydrogen-bond acceptors (Lipinski definition) is 4. The highest BCUT2D eigenvalue weighted by molar-refractivity contribution is 7.99. The van der Waals surface area contributed by atoms with Crippen molar-refractivity contribution in [3.8, 4) is 0 Å². The minimum atomic E-state index is -0.828. The Hall–Kier alpha value is -1.49. The molecule has 1 unspecified atom stereocenters. The van der Waals surface area contributed by atoms with Gasteiger partial charge in [0.25, 0.3) is 0 Å². The van der Waals surface area contributed by atoms with E-state index in [1.807, 2.05) is 24.3 Å². The fourth-order valence-corrected chi connectivity index (χ4v) is 2.24. The summed E-state index contributed by atoms with van der Waals surface area (Å²) in [4.78, 5) is 22.0. The molecule has 0 saturated heterocycles. The molecule has 1 atom stereocenters. The van der Waals surface area contributed by atoms with Crippen LogP contribution in [0.15, 0.2) is 24.3 Å². The van der Waals surface area contributed by atoms with Gasteiger partial charge in [-0.1, -0.05) is 24.3 Å². The predicted molar refractivity (Wildman–Crippen MR) is 70.6 cm³/mol. The lowest BCUT2D eigenvalue weighted by Gasteiger charge is -2.10. The van der Waals surface area contributed by atoms with E-state index >= 15 is 0 Å². The zero-order valence-corrected chi connectivity index (χ0v) is 11.2. The van der Waals surface area contributed by atoms with Crippen LogP contribution in [0.25, 0.3) is 0 Å². The third kappa shape index (κ3) is 4.41. The molecule has 0 amide bonds. The van der Waals surface area contributed by atoms with Crippen LogP contribution in [-0.2, 0) is 26.5 Å². The van der Waals surface area contributed by atoms with Crippen LogP contribution in [0, 0.1) is 0 Å². The van der Waals surface area contributed by atoms with E-state index < -0.39 is 11.2 Å². The molecule has 98 valence electrons. The van der Waals surface area contributed by atoms with E-state index in [4.69, 9.17) is 5.11 Å². The topological polar surface area (TPSA) is 63.6 Å². The monoisotopic (exact) mass is 268 g/mol. The Balaban J connectivity index is 2.70. The van der Waals surface area contributed by atoms with Crippen molar-refractivity contribution in [2.24, 2.45) is 0 Å². The standard InChI is InChI=1S/C13H16O4S/c1-9(13(15)16)18-8-11-6-4-3-5-10(11)7-12(14)17-2/h3-6,9H,7-8H2,1-2H3,(H,15,16). The van der Waals surface area contributed by atoms with Crippen LogP contribution in [0.3, 0.4) is 0 Å². The third-order valence-corrected chi connectivity index (χ3v) is 3.70. The van der Waals surface area contributed by atoms with E-state index in [2.05, 4.69) is 4.74 Å². The second-order valence-corrected chi connectivity index (χ2v) is 5.14. The Labute approximate surface area is 110 Å². The summed E-state index contributed by atoms with van der Waals surface area (Å²) in [7, 11) is 1.35. The van der Waals surface area contributed by atoms with E-state index in [0.29, 0.717) is 5.75 Å². The fraction of sp³-hybridized carbons (Fsp3) is 0.385. The second kappa shape index (κ2) is 7.06. The average Bonchev–Trinajstić information content (AvgIpc) is 2.37. The first-order chi connectivity index (χ1) is 8.54. The molecule has 0 aliphatic rings. The van der Waals surface area contributed by atoms with Gasteiger partial charge in [-0.05, 0) is 18.1 Å². The zero-order chi connectivity index (χ0) is 13.5. The van der Waals surface area contributed by atoms with E-state index in [1.165, 1.54) is 18.9 Å². The van der Waals surface area contributed by atoms with Crippen LogP contribution in [0.4, 0.5) is 0 Å². The molecule has 0 aliphatic heterocycles. The van der Waals surface area contributed by atoms with Gasteiger partial charge in [-0.3, -0.25) is 9.59 Å². The van der Waals surface area contributed by atoms with Crippen molar-refractivity contribution in [1.82, 2.24) is 0 Å². The van der Waals surface area contributed by atoms with Crippen molar-refractivity contribution in [2.75, 3.05) is 7.11 Å². The van der Waals surface area contributed by atoms with Gasteiger partial charge in [0.05, 0.1) is 18.8 Å². The van der Waals surface area contributed by atoms with Gasteiger partial charge in [-0.2, -0.15) is 0 Å². The average molecular weight is 268 g/mol. The summed E-state index contributed by atoms with van der Waals surface area (Å²) >= 11 is 1.33. The van der Waals surface area contributed by atoms with Crippen LogP contribution >= 0.6 is 11.8 Å². The molecule has 0 saturated carbocycles. The van der Waals surface area contributed by atoms with Gasteiger partial charge in [0.1, 0.15) is 0 Å². The van der Waals surface area contributed by atoms with Crippen LogP contribution in [0.1, 0.15) is 18.1 Å². The van der Waals surface area contributed by atoms with Crippen molar-refractivity contribution in [3.63, 3.8) is 0 Å². The number of esters is 1. The minimum Gasteiger partial charge on any atom is -0.480 e. The Morgan fingerprint density at radius 2 is 1.94 bits per heavy atom. The molecule has 0 spiro atoms. The number of thioether (sulfide) groups is 1. The lowest BCUT2D eigenvalue weighted by molar-refractivity contribution is -0.140. The number of benzene rings is 1. The number of rotatable bonds is 6. The van der Waals surface area contributed by atoms with E-state index in [9.17, 15) is 9.59 Å². The van der Waals surface area contributed by atoms with Crippen LogP contribution in [0.2, 0.25) is 0 Å². The Bertz CT molecular complexity index is 431. The molecule has 0 heterocycles. The smallest absolute Gasteiger partial charge is 0.316 e. The molecule has 0 bridgehead atoms. The van der Waals surface area contributed by atoms with Gasteiger partial charge in [0.15, 0.2) is 0 Å². The molecule has 0 aromatic heterocycles. The lowest BCUT2D eigenvalue weighted by atomic mass is 10.1. The first-order valence-electron chi connectivity index (χ1n) is 5.52. The Kier molecular flexibility index (Phi) is 5.71. The highest BCUT2D eigenvalue weighted by atomic mass is 32.2. The Morgan fingerprint density at radius 1 is 1.33 bits per heavy atom. The van der Waals surface area contributed by atoms with Crippen LogP contribution in [-0.4, -0.2) is 29.4 Å². The molecule has 1 rings (SSSR count). The summed E-state index contributed by atoms with van der Waals surface area (Å²) in [5.41, 5.74) is 1.86. The maximum atomic E-state index is 11.3. The van der Waals surface area contributed by atoms with Gasteiger partial charge in [0, 0.05) is 5.75 Å². The second-order valence-electron chi connectivity index (χ2n) is 3.81. The molecule has 0 aliphatic carbocycles. The summed E-state index contributed by atoms with van der Waals surface area (Å²) in [5.74, 6) is -0.551. The predicted octanol–water partition coefficient (Wildman–Crippen LogP) is 2.11. The minimum absolute atomic E-state index is 0.217. The van der Waals surface area contributed by atoms with Crippen LogP contribution < -0.4 is 0 Å². The van der Waals surface area contributed by atoms with Crippen molar-refractivity contribution < 1.29 is 19.4 Å². The lowest BCUT2D eigenvalue weighted by Crippen LogP contribution is -2.12. The normalized spacial score (nSPS) is 11.9. The molecular weight excluding hydrogens is 252 g/mol. The number of hydrogen-bond donors (Lipinski definition) is 1. The van der Waals surface area contributed by atoms with E-state index in [-0.39, 0.29) is 12.4 Å². The van der Waals surface area contributed by atoms with Crippen molar-refractivity contribution in [1.29, 1.82) is 0 Å². The third-order valence-electron chi connectivity index (χ3n) is 2.52. The van der Waals surface area contributed by atoms with E-state index in [0.717, 1.165) is 11.1 Å². The SMILES string of the molecule is COC(=O)Cc1ccccc1CSC(C)C(=O)O. The number of carboxylic acid groups (broad SMARTS) is 1. The van der Waals surface area contributed by atoms with E-state index in [1.54, 1.807) is 6.92 Å². The summed E-state index contributed by atoms with van der Waals surface area (Å²) in [6, 6.07) is 7.49. The van der Waals surface area contributed by atoms with Crippen LogP contribution in [0.5, 0.6) is 0 Å². The number of carbonyl (C=O) groups excluding carboxylic acids is 1. The summed E-state index contributed by atoms with van der Waals surface area (Å²) < 4.78 is 4.63. The number of methoxy groups -OCH3 is 1. The van der Waals surface area contributed by atoms with Gasteiger partial charge in [0.2, 0.25) is 0 Å². The molecule has 0 fully saturated rings. The first kappa shape index (κ1) is 14.6. The molecule has 5 heteroatoms. The fourth-order valence-electron chi connectivity index (χ4n) is 1.38. The van der Waals surface area contributed by atoms with Gasteiger partial charge >= 0.3 is 11.9 Å². The molecule has 18 heavy (non-hydrogen) atoms. The summed E-state index contributed by atoms with van der Waals surface area (Å²) in [5, 5.41) is 8.36. The van der Waals surface area contributed by atoms with Crippen molar-refractivity contribution in [2.45, 2.75) is 24.3 Å². The molecule has 0 radical (unpaired) electrons. The zero-order valence-electron chi connectivity index (χ0n) is 10.4. The Morgan fingerprint density at radius 3 is 2.50 bits per heavy atom. The number of ether oxygens (including phenoxy) is 1. The van der Waals surface area contributed by atoms with Crippen molar-refractivity contribution in [3.05, 3.63) is 35.4 Å². The summed E-state index contributed by atoms with van der Waals surface area (Å²) in [6.07, 6.45) is 0.217. The largest absolute Gasteiger partial charge is 0.480 e. The van der Waals surface area contributed by atoms with Gasteiger partial charge in [-0.15, -0.1) is 11.8 Å².